The van der Waals surface area contributed by atoms with E-state index < -0.39 is 12.6 Å². The molecule has 1 fully saturated rings. The van der Waals surface area contributed by atoms with Crippen LogP contribution in [0.1, 0.15) is 0 Å². The molecule has 0 aromatic carbocycles. The minimum absolute atomic E-state index is 0.323. The first-order chi connectivity index (χ1) is 5.70. The van der Waals surface area contributed by atoms with Crippen molar-refractivity contribution in [3.63, 3.8) is 0 Å². The lowest BCUT2D eigenvalue weighted by Gasteiger charge is -2.36. The molecule has 0 bridgehead atoms. The minimum atomic E-state index is -0.899. The van der Waals surface area contributed by atoms with E-state index in [1.54, 1.807) is 11.9 Å². The van der Waals surface area contributed by atoms with Crippen molar-refractivity contribution < 1.29 is 10.2 Å². The lowest BCUT2D eigenvalue weighted by molar-refractivity contribution is -0.0593. The Morgan fingerprint density at radius 2 is 2.33 bits per heavy atom. The summed E-state index contributed by atoms with van der Waals surface area (Å²) in [6.07, 6.45) is -0.710. The molecule has 0 aromatic heterocycles. The fourth-order valence-corrected chi connectivity index (χ4v) is 1.31. The summed E-state index contributed by atoms with van der Waals surface area (Å²) in [7, 11) is 1.70. The molecule has 6 heteroatoms. The Morgan fingerprint density at radius 1 is 1.58 bits per heavy atom. The summed E-state index contributed by atoms with van der Waals surface area (Å²) in [6.45, 7) is 0. The smallest absolute Gasteiger partial charge is 0.167 e. The SMILES string of the molecule is CN1C(O)NC(O)C2=NC=NC21. The number of rotatable bonds is 0. The maximum atomic E-state index is 9.36. The quantitative estimate of drug-likeness (QED) is 0.390. The van der Waals surface area contributed by atoms with Crippen LogP contribution >= 0.6 is 0 Å². The summed E-state index contributed by atoms with van der Waals surface area (Å²) in [5.41, 5.74) is 0.530. The monoisotopic (exact) mass is 170 g/mol. The predicted molar refractivity (Wildman–Crippen MR) is 42.6 cm³/mol. The minimum Gasteiger partial charge on any atom is -0.373 e. The Labute approximate surface area is 69.2 Å². The molecule has 3 N–H and O–H groups in total. The van der Waals surface area contributed by atoms with Gasteiger partial charge in [-0.2, -0.15) is 0 Å². The lowest BCUT2D eigenvalue weighted by Crippen LogP contribution is -2.63. The number of hydrogen-bond acceptors (Lipinski definition) is 6. The van der Waals surface area contributed by atoms with E-state index in [0.29, 0.717) is 5.71 Å². The molecule has 12 heavy (non-hydrogen) atoms. The van der Waals surface area contributed by atoms with Crippen LogP contribution in [0.2, 0.25) is 0 Å². The largest absolute Gasteiger partial charge is 0.373 e. The molecule has 66 valence electrons. The first-order valence-corrected chi connectivity index (χ1v) is 3.63. The maximum Gasteiger partial charge on any atom is 0.167 e. The molecule has 0 aliphatic carbocycles. The number of aliphatic hydroxyl groups is 2. The van der Waals surface area contributed by atoms with E-state index in [9.17, 15) is 10.2 Å². The third-order valence-electron chi connectivity index (χ3n) is 2.04. The number of hydrogen-bond donors (Lipinski definition) is 3. The number of nitrogens with zero attached hydrogens (tertiary/aromatic N) is 3. The molecule has 0 aromatic rings. The Kier molecular flexibility index (Phi) is 1.69. The summed E-state index contributed by atoms with van der Waals surface area (Å²) in [4.78, 5) is 9.44. The van der Waals surface area contributed by atoms with Crippen LogP contribution in [0.15, 0.2) is 9.98 Å². The summed E-state index contributed by atoms with van der Waals surface area (Å²) in [5.74, 6) is 0. The van der Waals surface area contributed by atoms with Crippen LogP contribution < -0.4 is 5.32 Å². The number of aliphatic hydroxyl groups excluding tert-OH is 2. The van der Waals surface area contributed by atoms with Crippen molar-refractivity contribution in [1.29, 1.82) is 0 Å². The molecule has 3 atom stereocenters. The zero-order valence-electron chi connectivity index (χ0n) is 6.55. The van der Waals surface area contributed by atoms with Gasteiger partial charge in [-0.1, -0.05) is 0 Å². The van der Waals surface area contributed by atoms with Gasteiger partial charge < -0.3 is 10.2 Å². The van der Waals surface area contributed by atoms with Gasteiger partial charge in [-0.15, -0.1) is 0 Å². The highest BCUT2D eigenvalue weighted by molar-refractivity contribution is 6.01. The molecule has 2 aliphatic heterocycles. The molecule has 2 aliphatic rings. The zero-order valence-corrected chi connectivity index (χ0v) is 6.55. The standard InChI is InChI=1S/C6H10N4O2/c1-10-4-3(7-2-8-4)5(11)9-6(10)12/h2,4-6,9,11-12H,1H3. The van der Waals surface area contributed by atoms with Gasteiger partial charge >= 0.3 is 0 Å². The topological polar surface area (TPSA) is 80.5 Å². The van der Waals surface area contributed by atoms with Crippen molar-refractivity contribution >= 4 is 12.1 Å². The Bertz CT molecular complexity index is 252. The van der Waals surface area contributed by atoms with E-state index >= 15 is 0 Å². The van der Waals surface area contributed by atoms with E-state index in [0.717, 1.165) is 0 Å². The number of aliphatic imine (C=N–C) groups is 2. The third kappa shape index (κ3) is 0.969. The fraction of sp³-hybridized carbons (Fsp3) is 0.667. The van der Waals surface area contributed by atoms with Gasteiger partial charge in [0, 0.05) is 0 Å². The van der Waals surface area contributed by atoms with Crippen LogP contribution in [0.3, 0.4) is 0 Å². The molecule has 6 nitrogen and oxygen atoms in total. The molecule has 2 rings (SSSR count). The molecule has 3 unspecified atom stereocenters. The summed E-state index contributed by atoms with van der Waals surface area (Å²) < 4.78 is 0. The van der Waals surface area contributed by atoms with E-state index in [2.05, 4.69) is 15.3 Å². The van der Waals surface area contributed by atoms with E-state index in [1.807, 2.05) is 0 Å². The third-order valence-corrected chi connectivity index (χ3v) is 2.04. The lowest BCUT2D eigenvalue weighted by atomic mass is 10.2. The van der Waals surface area contributed by atoms with Gasteiger partial charge in [-0.25, -0.2) is 20.2 Å². The van der Waals surface area contributed by atoms with Gasteiger partial charge in [0.05, 0.1) is 0 Å². The second-order valence-electron chi connectivity index (χ2n) is 2.80. The molecule has 0 amide bonds. The summed E-state index contributed by atoms with van der Waals surface area (Å²) >= 11 is 0. The van der Waals surface area contributed by atoms with Gasteiger partial charge in [-0.3, -0.25) is 0 Å². The highest BCUT2D eigenvalue weighted by atomic mass is 16.3. The fourth-order valence-electron chi connectivity index (χ4n) is 1.31. The van der Waals surface area contributed by atoms with Crippen LogP contribution in [0.4, 0.5) is 0 Å². The van der Waals surface area contributed by atoms with Crippen LogP contribution in [-0.2, 0) is 0 Å². The molecule has 1 saturated heterocycles. The Morgan fingerprint density at radius 3 is 3.08 bits per heavy atom. The zero-order chi connectivity index (χ0) is 8.72. The van der Waals surface area contributed by atoms with Crippen molar-refractivity contribution in [3.8, 4) is 0 Å². The van der Waals surface area contributed by atoms with Gasteiger partial charge in [0.2, 0.25) is 0 Å². The molecule has 0 spiro atoms. The Hall–Kier alpha value is -0.820. The Balaban J connectivity index is 2.25. The van der Waals surface area contributed by atoms with Crippen molar-refractivity contribution in [3.05, 3.63) is 0 Å². The second-order valence-corrected chi connectivity index (χ2v) is 2.80. The van der Waals surface area contributed by atoms with E-state index in [1.165, 1.54) is 6.34 Å². The number of fused-ring (bicyclic) bond motifs is 1. The van der Waals surface area contributed by atoms with Gasteiger partial charge in [0.15, 0.2) is 12.6 Å². The van der Waals surface area contributed by atoms with Crippen LogP contribution in [0.25, 0.3) is 0 Å². The van der Waals surface area contributed by atoms with Crippen molar-refractivity contribution in [2.75, 3.05) is 7.05 Å². The van der Waals surface area contributed by atoms with Gasteiger partial charge in [-0.05, 0) is 7.05 Å². The maximum absolute atomic E-state index is 9.36. The van der Waals surface area contributed by atoms with Crippen molar-refractivity contribution in [2.45, 2.75) is 18.7 Å². The first-order valence-electron chi connectivity index (χ1n) is 3.63. The van der Waals surface area contributed by atoms with Crippen molar-refractivity contribution in [1.82, 2.24) is 10.2 Å². The van der Waals surface area contributed by atoms with Gasteiger partial charge in [0.25, 0.3) is 0 Å². The molecule has 0 saturated carbocycles. The van der Waals surface area contributed by atoms with Gasteiger partial charge in [0.1, 0.15) is 18.2 Å². The molecular formula is C6H10N4O2. The van der Waals surface area contributed by atoms with Crippen LogP contribution in [0.5, 0.6) is 0 Å². The average Bonchev–Trinajstić information content (AvgIpc) is 2.48. The van der Waals surface area contributed by atoms with Crippen LogP contribution in [-0.4, -0.2) is 53.0 Å². The molecular weight excluding hydrogens is 160 g/mol. The highest BCUT2D eigenvalue weighted by Crippen LogP contribution is 2.14. The molecule has 0 radical (unpaired) electrons. The van der Waals surface area contributed by atoms with E-state index in [4.69, 9.17) is 0 Å². The average molecular weight is 170 g/mol. The highest BCUT2D eigenvalue weighted by Gasteiger charge is 2.37. The van der Waals surface area contributed by atoms with E-state index in [-0.39, 0.29) is 6.17 Å². The summed E-state index contributed by atoms with van der Waals surface area (Å²) in [6, 6.07) is 0. The van der Waals surface area contributed by atoms with Crippen molar-refractivity contribution in [2.24, 2.45) is 9.98 Å². The first kappa shape index (κ1) is 7.81. The summed E-state index contributed by atoms with van der Waals surface area (Å²) in [5, 5.41) is 21.2. The predicted octanol–water partition coefficient (Wildman–Crippen LogP) is -2.08. The molecule has 2 heterocycles. The van der Waals surface area contributed by atoms with Crippen LogP contribution in [0, 0.1) is 0 Å². The normalized spacial score (nSPS) is 41.2. The number of nitrogens with one attached hydrogen (secondary N) is 1. The second kappa shape index (κ2) is 2.60.